The van der Waals surface area contributed by atoms with Gasteiger partial charge in [-0.1, -0.05) is 36.0 Å². The van der Waals surface area contributed by atoms with Gasteiger partial charge >= 0.3 is 0 Å². The number of hydrogen-bond donors (Lipinski definition) is 2. The summed E-state index contributed by atoms with van der Waals surface area (Å²) in [6, 6.07) is 15.5. The summed E-state index contributed by atoms with van der Waals surface area (Å²) >= 11 is 1.44. The van der Waals surface area contributed by atoms with E-state index in [9.17, 15) is 9.59 Å². The van der Waals surface area contributed by atoms with E-state index in [4.69, 9.17) is 0 Å². The number of rotatable bonds is 9. The number of anilines is 1. The van der Waals surface area contributed by atoms with Crippen LogP contribution >= 0.6 is 11.8 Å². The van der Waals surface area contributed by atoms with Crippen LogP contribution < -0.4 is 10.6 Å². The Bertz CT molecular complexity index is 1030. The lowest BCUT2D eigenvalue weighted by molar-refractivity contribution is -0.119. The van der Waals surface area contributed by atoms with Gasteiger partial charge in [0.2, 0.25) is 11.8 Å². The van der Waals surface area contributed by atoms with Crippen molar-refractivity contribution in [2.24, 2.45) is 0 Å². The molecule has 0 radical (unpaired) electrons. The van der Waals surface area contributed by atoms with Gasteiger partial charge in [0, 0.05) is 18.8 Å². The Balaban J connectivity index is 1.53. The molecule has 0 saturated heterocycles. The molecular weight excluding hydrogens is 398 g/mol. The maximum absolute atomic E-state index is 12.3. The molecule has 0 unspecified atom stereocenters. The van der Waals surface area contributed by atoms with Crippen LogP contribution in [0.2, 0.25) is 0 Å². The van der Waals surface area contributed by atoms with Crippen LogP contribution in [-0.4, -0.2) is 52.7 Å². The van der Waals surface area contributed by atoms with E-state index >= 15 is 0 Å². The van der Waals surface area contributed by atoms with Crippen LogP contribution in [0.25, 0.3) is 11.0 Å². The van der Waals surface area contributed by atoms with Crippen molar-refractivity contribution in [3.05, 3.63) is 54.1 Å². The number of thioether (sulfide) groups is 1. The molecule has 7 nitrogen and oxygen atoms in total. The van der Waals surface area contributed by atoms with E-state index in [1.54, 1.807) is 0 Å². The fourth-order valence-corrected chi connectivity index (χ4v) is 4.01. The molecule has 2 amide bonds. The van der Waals surface area contributed by atoms with Crippen LogP contribution in [0.3, 0.4) is 0 Å². The number of nitrogens with zero attached hydrogens (tertiary/aromatic N) is 3. The van der Waals surface area contributed by atoms with Crippen molar-refractivity contribution in [3.8, 4) is 0 Å². The van der Waals surface area contributed by atoms with Gasteiger partial charge in [-0.25, -0.2) is 4.98 Å². The van der Waals surface area contributed by atoms with E-state index in [1.807, 2.05) is 67.5 Å². The van der Waals surface area contributed by atoms with Gasteiger partial charge in [-0.05, 0) is 50.8 Å². The standard InChI is InChI=1S/C22H27N5O2S/c1-4-27-19-11-6-5-10-18(19)25-22(27)30-15-21(29)23-13-16-8-7-9-17(12-16)24-20(28)14-26(2)3/h5-12H,4,13-15H2,1-3H3,(H,23,29)(H,24,28). The van der Waals surface area contributed by atoms with Crippen molar-refractivity contribution in [1.29, 1.82) is 0 Å². The molecule has 8 heteroatoms. The average Bonchev–Trinajstić information content (AvgIpc) is 3.07. The van der Waals surface area contributed by atoms with Crippen molar-refractivity contribution in [3.63, 3.8) is 0 Å². The molecule has 0 saturated carbocycles. The highest BCUT2D eigenvalue weighted by molar-refractivity contribution is 7.99. The van der Waals surface area contributed by atoms with E-state index in [0.29, 0.717) is 18.8 Å². The molecule has 0 fully saturated rings. The number of nitrogens with one attached hydrogen (secondary N) is 2. The van der Waals surface area contributed by atoms with E-state index < -0.39 is 0 Å². The minimum absolute atomic E-state index is 0.0586. The third-order valence-electron chi connectivity index (χ3n) is 4.43. The van der Waals surface area contributed by atoms with Gasteiger partial charge < -0.3 is 20.1 Å². The van der Waals surface area contributed by atoms with Crippen molar-refractivity contribution >= 4 is 40.3 Å². The van der Waals surface area contributed by atoms with Crippen LogP contribution in [0.1, 0.15) is 12.5 Å². The zero-order chi connectivity index (χ0) is 21.5. The van der Waals surface area contributed by atoms with Crippen molar-refractivity contribution < 1.29 is 9.59 Å². The summed E-state index contributed by atoms with van der Waals surface area (Å²) in [6.45, 7) is 3.60. The first-order valence-electron chi connectivity index (χ1n) is 9.84. The predicted octanol–water partition coefficient (Wildman–Crippen LogP) is 2.96. The molecular formula is C22H27N5O2S. The average molecular weight is 426 g/mol. The zero-order valence-corrected chi connectivity index (χ0v) is 18.3. The van der Waals surface area contributed by atoms with E-state index in [0.717, 1.165) is 34.0 Å². The van der Waals surface area contributed by atoms with Crippen molar-refractivity contribution in [2.75, 3.05) is 31.7 Å². The van der Waals surface area contributed by atoms with Gasteiger partial charge in [0.1, 0.15) is 0 Å². The molecule has 0 spiro atoms. The van der Waals surface area contributed by atoms with E-state index in [1.165, 1.54) is 11.8 Å². The van der Waals surface area contributed by atoms with Gasteiger partial charge in [0.05, 0.1) is 23.3 Å². The third-order valence-corrected chi connectivity index (χ3v) is 5.40. The number of aryl methyl sites for hydroxylation is 1. The number of fused-ring (bicyclic) bond motifs is 1. The largest absolute Gasteiger partial charge is 0.351 e. The summed E-state index contributed by atoms with van der Waals surface area (Å²) in [5, 5.41) is 6.65. The van der Waals surface area contributed by atoms with Gasteiger partial charge in [-0.15, -0.1) is 0 Å². The maximum atomic E-state index is 12.3. The molecule has 0 aliphatic rings. The van der Waals surface area contributed by atoms with Crippen molar-refractivity contribution in [2.45, 2.75) is 25.2 Å². The first kappa shape index (κ1) is 21.9. The smallest absolute Gasteiger partial charge is 0.238 e. The molecule has 0 aliphatic carbocycles. The first-order chi connectivity index (χ1) is 14.5. The van der Waals surface area contributed by atoms with Gasteiger partial charge in [-0.3, -0.25) is 9.59 Å². The number of aromatic nitrogens is 2. The Morgan fingerprint density at radius 1 is 1.10 bits per heavy atom. The van der Waals surface area contributed by atoms with E-state index in [-0.39, 0.29) is 11.8 Å². The second-order valence-electron chi connectivity index (χ2n) is 7.18. The van der Waals surface area contributed by atoms with Crippen molar-refractivity contribution in [1.82, 2.24) is 19.8 Å². The molecule has 1 aromatic heterocycles. The molecule has 3 rings (SSSR count). The summed E-state index contributed by atoms with van der Waals surface area (Å²) in [6.07, 6.45) is 0. The summed E-state index contributed by atoms with van der Waals surface area (Å²) in [5.41, 5.74) is 3.67. The number of likely N-dealkylation sites (N-methyl/N-ethyl adjacent to an activating group) is 1. The van der Waals surface area contributed by atoms with Crippen LogP contribution in [0.4, 0.5) is 5.69 Å². The molecule has 3 aromatic rings. The SMILES string of the molecule is CCn1c(SCC(=O)NCc2cccc(NC(=O)CN(C)C)c2)nc2ccccc21. The number of para-hydroxylation sites is 2. The van der Waals surface area contributed by atoms with Crippen LogP contribution in [0, 0.1) is 0 Å². The summed E-state index contributed by atoms with van der Waals surface area (Å²) in [7, 11) is 3.69. The second kappa shape index (κ2) is 10.3. The number of imidazole rings is 1. The maximum Gasteiger partial charge on any atom is 0.238 e. The molecule has 2 N–H and O–H groups in total. The fraction of sp³-hybridized carbons (Fsp3) is 0.318. The molecule has 0 atom stereocenters. The lowest BCUT2D eigenvalue weighted by Crippen LogP contribution is -2.27. The number of carbonyl (C=O) groups is 2. The Hall–Kier alpha value is -2.84. The van der Waals surface area contributed by atoms with E-state index in [2.05, 4.69) is 27.1 Å². The van der Waals surface area contributed by atoms with Crippen LogP contribution in [0.15, 0.2) is 53.7 Å². The zero-order valence-electron chi connectivity index (χ0n) is 17.5. The summed E-state index contributed by atoms with van der Waals surface area (Å²) in [5.74, 6) is 0.163. The Morgan fingerprint density at radius 2 is 1.90 bits per heavy atom. The number of amides is 2. The molecule has 158 valence electrons. The molecule has 1 heterocycles. The van der Waals surface area contributed by atoms with Gasteiger partial charge in [0.15, 0.2) is 5.16 Å². The normalized spacial score (nSPS) is 11.1. The van der Waals surface area contributed by atoms with Crippen LogP contribution in [0.5, 0.6) is 0 Å². The number of hydrogen-bond acceptors (Lipinski definition) is 5. The fourth-order valence-electron chi connectivity index (χ4n) is 3.10. The summed E-state index contributed by atoms with van der Waals surface area (Å²) in [4.78, 5) is 30.7. The molecule has 30 heavy (non-hydrogen) atoms. The third kappa shape index (κ3) is 5.84. The number of carbonyl (C=O) groups excluding carboxylic acids is 2. The lowest BCUT2D eigenvalue weighted by atomic mass is 10.2. The number of benzene rings is 2. The minimum atomic E-state index is -0.0728. The second-order valence-corrected chi connectivity index (χ2v) is 8.12. The Morgan fingerprint density at radius 3 is 2.67 bits per heavy atom. The summed E-state index contributed by atoms with van der Waals surface area (Å²) < 4.78 is 2.12. The minimum Gasteiger partial charge on any atom is -0.351 e. The van der Waals surface area contributed by atoms with Gasteiger partial charge in [0.25, 0.3) is 0 Å². The Kier molecular flexibility index (Phi) is 7.48. The molecule has 0 aliphatic heterocycles. The molecule has 2 aromatic carbocycles. The highest BCUT2D eigenvalue weighted by Gasteiger charge is 2.12. The Labute approximate surface area is 180 Å². The monoisotopic (exact) mass is 425 g/mol. The topological polar surface area (TPSA) is 79.3 Å². The highest BCUT2D eigenvalue weighted by atomic mass is 32.2. The molecule has 0 bridgehead atoms. The van der Waals surface area contributed by atoms with Crippen LogP contribution in [-0.2, 0) is 22.7 Å². The first-order valence-corrected chi connectivity index (χ1v) is 10.8. The highest BCUT2D eigenvalue weighted by Crippen LogP contribution is 2.23. The van der Waals surface area contributed by atoms with Gasteiger partial charge in [-0.2, -0.15) is 0 Å². The quantitative estimate of drug-likeness (QED) is 0.515. The lowest BCUT2D eigenvalue weighted by Gasteiger charge is -2.11. The predicted molar refractivity (Wildman–Crippen MR) is 122 cm³/mol.